The molecule has 0 spiro atoms. The maximum Gasteiger partial charge on any atom is 0.274 e. The van der Waals surface area contributed by atoms with E-state index in [0.717, 1.165) is 22.4 Å². The van der Waals surface area contributed by atoms with Crippen molar-refractivity contribution in [2.75, 3.05) is 5.32 Å². The highest BCUT2D eigenvalue weighted by molar-refractivity contribution is 6.29. The Kier molecular flexibility index (Phi) is 5.13. The average Bonchev–Trinajstić information content (AvgIpc) is 2.76. The summed E-state index contributed by atoms with van der Waals surface area (Å²) in [6.07, 6.45) is 1.51. The van der Waals surface area contributed by atoms with Crippen LogP contribution in [0.2, 0.25) is 5.15 Å². The van der Waals surface area contributed by atoms with Gasteiger partial charge in [0.1, 0.15) is 10.8 Å². The Bertz CT molecular complexity index is 1090. The van der Waals surface area contributed by atoms with Gasteiger partial charge in [-0.1, -0.05) is 72.3 Å². The highest BCUT2D eigenvalue weighted by Gasteiger charge is 2.10. The summed E-state index contributed by atoms with van der Waals surface area (Å²) in [6.45, 7) is 0. The van der Waals surface area contributed by atoms with Crippen molar-refractivity contribution in [1.29, 1.82) is 0 Å². The van der Waals surface area contributed by atoms with Crippen molar-refractivity contribution in [2.24, 2.45) is 0 Å². The zero-order chi connectivity index (χ0) is 19.3. The number of hydrogen-bond donors (Lipinski definition) is 1. The van der Waals surface area contributed by atoms with Crippen molar-refractivity contribution in [3.8, 4) is 22.4 Å². The number of rotatable bonds is 4. The lowest BCUT2D eigenvalue weighted by atomic mass is 10.0. The molecule has 4 rings (SSSR count). The molecule has 2 heterocycles. The van der Waals surface area contributed by atoms with Crippen LogP contribution in [-0.4, -0.2) is 15.9 Å². The number of nitrogens with zero attached hydrogens (tertiary/aromatic N) is 2. The van der Waals surface area contributed by atoms with E-state index in [1.54, 1.807) is 18.2 Å². The Hall–Kier alpha value is -3.50. The van der Waals surface area contributed by atoms with Crippen molar-refractivity contribution in [1.82, 2.24) is 9.97 Å². The molecule has 0 bridgehead atoms. The Labute approximate surface area is 167 Å². The molecule has 0 radical (unpaired) electrons. The Morgan fingerprint density at radius 2 is 1.46 bits per heavy atom. The van der Waals surface area contributed by atoms with Gasteiger partial charge in [-0.05, 0) is 35.4 Å². The van der Waals surface area contributed by atoms with Gasteiger partial charge in [0.15, 0.2) is 0 Å². The van der Waals surface area contributed by atoms with Gasteiger partial charge in [-0.25, -0.2) is 9.97 Å². The van der Waals surface area contributed by atoms with Crippen molar-refractivity contribution in [3.63, 3.8) is 0 Å². The third-order valence-corrected chi connectivity index (χ3v) is 4.48. The van der Waals surface area contributed by atoms with E-state index in [1.807, 2.05) is 42.5 Å². The number of amides is 1. The summed E-state index contributed by atoms with van der Waals surface area (Å²) < 4.78 is 0. The van der Waals surface area contributed by atoms with E-state index >= 15 is 0 Å². The molecule has 0 saturated heterocycles. The standard InChI is InChI=1S/C23H16ClN3O/c24-22-14-13-19(15-25-22)26-23(28)21-8-4-7-20(27-21)18-11-9-17(10-12-18)16-5-2-1-3-6-16/h1-15H,(H,26,28). The van der Waals surface area contributed by atoms with Gasteiger partial charge in [0.05, 0.1) is 17.6 Å². The normalized spacial score (nSPS) is 10.5. The number of carbonyl (C=O) groups excluding carboxylic acids is 1. The lowest BCUT2D eigenvalue weighted by Crippen LogP contribution is -2.14. The van der Waals surface area contributed by atoms with Gasteiger partial charge in [0, 0.05) is 5.56 Å². The molecule has 4 nitrogen and oxygen atoms in total. The maximum atomic E-state index is 12.5. The number of nitrogens with one attached hydrogen (secondary N) is 1. The number of pyridine rings is 2. The van der Waals surface area contributed by atoms with Crippen molar-refractivity contribution in [3.05, 3.63) is 102 Å². The second-order valence-corrected chi connectivity index (χ2v) is 6.56. The van der Waals surface area contributed by atoms with Crippen LogP contribution in [0.4, 0.5) is 5.69 Å². The lowest BCUT2D eigenvalue weighted by molar-refractivity contribution is 0.102. The van der Waals surface area contributed by atoms with Crippen LogP contribution in [-0.2, 0) is 0 Å². The van der Waals surface area contributed by atoms with Crippen molar-refractivity contribution < 1.29 is 4.79 Å². The topological polar surface area (TPSA) is 54.9 Å². The molecule has 1 N–H and O–H groups in total. The monoisotopic (exact) mass is 385 g/mol. The summed E-state index contributed by atoms with van der Waals surface area (Å²) in [5, 5.41) is 3.14. The molecule has 0 aliphatic carbocycles. The summed E-state index contributed by atoms with van der Waals surface area (Å²) in [7, 11) is 0. The average molecular weight is 386 g/mol. The smallest absolute Gasteiger partial charge is 0.274 e. The molecule has 0 aliphatic rings. The second-order valence-electron chi connectivity index (χ2n) is 6.18. The van der Waals surface area contributed by atoms with E-state index in [4.69, 9.17) is 11.6 Å². The molecule has 5 heteroatoms. The number of anilines is 1. The quantitative estimate of drug-likeness (QED) is 0.457. The number of halogens is 1. The first-order valence-electron chi connectivity index (χ1n) is 8.75. The summed E-state index contributed by atoms with van der Waals surface area (Å²) in [4.78, 5) is 20.9. The predicted octanol–water partition coefficient (Wildman–Crippen LogP) is 5.72. The summed E-state index contributed by atoms with van der Waals surface area (Å²) in [5.41, 5.74) is 4.87. The maximum absolute atomic E-state index is 12.5. The van der Waals surface area contributed by atoms with Gasteiger partial charge in [-0.3, -0.25) is 4.79 Å². The number of benzene rings is 2. The van der Waals surface area contributed by atoms with Crippen LogP contribution < -0.4 is 5.32 Å². The first-order chi connectivity index (χ1) is 13.7. The highest BCUT2D eigenvalue weighted by Crippen LogP contribution is 2.24. The molecule has 0 aliphatic heterocycles. The van der Waals surface area contributed by atoms with Crippen LogP contribution in [0.1, 0.15) is 10.5 Å². The fourth-order valence-electron chi connectivity index (χ4n) is 2.83. The van der Waals surface area contributed by atoms with Gasteiger partial charge in [0.25, 0.3) is 5.91 Å². The van der Waals surface area contributed by atoms with Gasteiger partial charge in [0.2, 0.25) is 0 Å². The molecule has 0 unspecified atom stereocenters. The molecule has 136 valence electrons. The fourth-order valence-corrected chi connectivity index (χ4v) is 2.94. The lowest BCUT2D eigenvalue weighted by Gasteiger charge is -2.07. The first-order valence-corrected chi connectivity index (χ1v) is 9.13. The molecule has 0 saturated carbocycles. The van der Waals surface area contributed by atoms with Crippen molar-refractivity contribution in [2.45, 2.75) is 0 Å². The molecule has 4 aromatic rings. The molecule has 28 heavy (non-hydrogen) atoms. The van der Waals surface area contributed by atoms with Gasteiger partial charge in [-0.2, -0.15) is 0 Å². The van der Waals surface area contributed by atoms with E-state index in [-0.39, 0.29) is 5.91 Å². The largest absolute Gasteiger partial charge is 0.319 e. The van der Waals surface area contributed by atoms with E-state index in [1.165, 1.54) is 6.20 Å². The van der Waals surface area contributed by atoms with E-state index in [2.05, 4.69) is 39.6 Å². The third-order valence-electron chi connectivity index (χ3n) is 4.25. The molecule has 1 amide bonds. The van der Waals surface area contributed by atoms with Gasteiger partial charge in [-0.15, -0.1) is 0 Å². The Morgan fingerprint density at radius 1 is 0.750 bits per heavy atom. The molecule has 2 aromatic heterocycles. The molecular formula is C23H16ClN3O. The molecule has 0 fully saturated rings. The molecule has 2 aromatic carbocycles. The van der Waals surface area contributed by atoms with Crippen LogP contribution in [0.3, 0.4) is 0 Å². The Morgan fingerprint density at radius 3 is 2.18 bits per heavy atom. The summed E-state index contributed by atoms with van der Waals surface area (Å²) >= 11 is 5.77. The number of hydrogen-bond acceptors (Lipinski definition) is 3. The van der Waals surface area contributed by atoms with Crippen LogP contribution in [0, 0.1) is 0 Å². The molecular weight excluding hydrogens is 370 g/mol. The van der Waals surface area contributed by atoms with Crippen LogP contribution in [0.15, 0.2) is 91.1 Å². The third kappa shape index (κ3) is 4.08. The highest BCUT2D eigenvalue weighted by atomic mass is 35.5. The van der Waals surface area contributed by atoms with Crippen LogP contribution >= 0.6 is 11.6 Å². The van der Waals surface area contributed by atoms with Gasteiger partial charge >= 0.3 is 0 Å². The summed E-state index contributed by atoms with van der Waals surface area (Å²) in [6, 6.07) is 27.0. The minimum Gasteiger partial charge on any atom is -0.319 e. The predicted molar refractivity (Wildman–Crippen MR) is 112 cm³/mol. The molecule has 0 atom stereocenters. The number of aromatic nitrogens is 2. The zero-order valence-corrected chi connectivity index (χ0v) is 15.6. The SMILES string of the molecule is O=C(Nc1ccc(Cl)nc1)c1cccc(-c2ccc(-c3ccccc3)cc2)n1. The second kappa shape index (κ2) is 8.03. The van der Waals surface area contributed by atoms with Gasteiger partial charge < -0.3 is 5.32 Å². The van der Waals surface area contributed by atoms with E-state index < -0.39 is 0 Å². The first kappa shape index (κ1) is 17.9. The van der Waals surface area contributed by atoms with E-state index in [0.29, 0.717) is 16.5 Å². The van der Waals surface area contributed by atoms with Crippen LogP contribution in [0.5, 0.6) is 0 Å². The Balaban J connectivity index is 1.55. The zero-order valence-electron chi connectivity index (χ0n) is 14.8. The van der Waals surface area contributed by atoms with E-state index in [9.17, 15) is 4.79 Å². The minimum absolute atomic E-state index is 0.299. The summed E-state index contributed by atoms with van der Waals surface area (Å²) in [5.74, 6) is -0.299. The van der Waals surface area contributed by atoms with Crippen LogP contribution in [0.25, 0.3) is 22.4 Å². The fraction of sp³-hybridized carbons (Fsp3) is 0. The number of carbonyl (C=O) groups is 1. The van der Waals surface area contributed by atoms with Crippen molar-refractivity contribution >= 4 is 23.2 Å². The minimum atomic E-state index is -0.299.